The van der Waals surface area contributed by atoms with Gasteiger partial charge in [-0.05, 0) is 36.8 Å². The fourth-order valence-electron chi connectivity index (χ4n) is 3.36. The minimum atomic E-state index is -0.386. The van der Waals surface area contributed by atoms with Crippen molar-refractivity contribution in [1.82, 2.24) is 14.9 Å². The summed E-state index contributed by atoms with van der Waals surface area (Å²) in [7, 11) is 0. The van der Waals surface area contributed by atoms with Gasteiger partial charge in [0, 0.05) is 44.3 Å². The van der Waals surface area contributed by atoms with Crippen molar-refractivity contribution in [2.24, 2.45) is 0 Å². The lowest BCUT2D eigenvalue weighted by Gasteiger charge is -2.36. The van der Waals surface area contributed by atoms with Crippen LogP contribution in [0.2, 0.25) is 0 Å². The molecule has 0 bridgehead atoms. The molecule has 0 unspecified atom stereocenters. The number of rotatable bonds is 4. The lowest BCUT2D eigenvalue weighted by atomic mass is 10.2. The van der Waals surface area contributed by atoms with Crippen LogP contribution in [0.4, 0.5) is 21.7 Å². The lowest BCUT2D eigenvalue weighted by Crippen LogP contribution is -2.48. The first-order valence-corrected chi connectivity index (χ1v) is 9.54. The zero-order valence-corrected chi connectivity index (χ0v) is 16.2. The highest BCUT2D eigenvalue weighted by Gasteiger charge is 2.23. The highest BCUT2D eigenvalue weighted by Crippen LogP contribution is 2.19. The fraction of sp³-hybridized carbons (Fsp3) is 0.227. The smallest absolute Gasteiger partial charge is 0.257 e. The van der Waals surface area contributed by atoms with Gasteiger partial charge in [0.1, 0.15) is 5.82 Å². The zero-order valence-electron chi connectivity index (χ0n) is 16.2. The van der Waals surface area contributed by atoms with E-state index in [1.807, 2.05) is 4.90 Å². The van der Waals surface area contributed by atoms with Gasteiger partial charge in [0.15, 0.2) is 0 Å². The Hall–Kier alpha value is -3.48. The molecule has 29 heavy (non-hydrogen) atoms. The number of carbonyl (C=O) groups is 1. The van der Waals surface area contributed by atoms with Gasteiger partial charge in [-0.15, -0.1) is 0 Å². The van der Waals surface area contributed by atoms with Gasteiger partial charge in [-0.2, -0.15) is 0 Å². The lowest BCUT2D eigenvalue weighted by molar-refractivity contribution is 0.0746. The molecule has 7 heteroatoms. The average molecular weight is 391 g/mol. The van der Waals surface area contributed by atoms with Crippen molar-refractivity contribution in [1.29, 1.82) is 0 Å². The van der Waals surface area contributed by atoms with Crippen molar-refractivity contribution in [3.8, 4) is 0 Å². The van der Waals surface area contributed by atoms with Crippen molar-refractivity contribution in [3.63, 3.8) is 0 Å². The number of nitrogens with zero attached hydrogens (tertiary/aromatic N) is 4. The van der Waals surface area contributed by atoms with Crippen LogP contribution in [0.1, 0.15) is 15.9 Å². The number of hydrogen-bond acceptors (Lipinski definition) is 5. The highest BCUT2D eigenvalue weighted by molar-refractivity contribution is 5.94. The Morgan fingerprint density at radius 1 is 1.00 bits per heavy atom. The largest absolute Gasteiger partial charge is 0.368 e. The highest BCUT2D eigenvalue weighted by atomic mass is 19.1. The standard InChI is InChI=1S/C22H22FN5O/c1-16-5-4-6-18(13-16)27-9-11-28(12-10-27)21(29)17-14-24-22(25-15-17)26-20-8-3-2-7-19(20)23/h2-8,13-15H,9-12H2,1H3,(H,24,25,26). The second-order valence-electron chi connectivity index (χ2n) is 7.02. The summed E-state index contributed by atoms with van der Waals surface area (Å²) in [6, 6.07) is 14.7. The minimum Gasteiger partial charge on any atom is -0.368 e. The molecule has 6 nitrogen and oxygen atoms in total. The fourth-order valence-corrected chi connectivity index (χ4v) is 3.36. The molecule has 3 aromatic rings. The number of carbonyl (C=O) groups excluding carboxylic acids is 1. The summed E-state index contributed by atoms with van der Waals surface area (Å²) in [4.78, 5) is 25.2. The number of para-hydroxylation sites is 1. The van der Waals surface area contributed by atoms with Gasteiger partial charge >= 0.3 is 0 Å². The quantitative estimate of drug-likeness (QED) is 0.736. The van der Waals surface area contributed by atoms with Gasteiger partial charge in [0.25, 0.3) is 5.91 Å². The van der Waals surface area contributed by atoms with E-state index < -0.39 is 0 Å². The molecule has 2 aromatic carbocycles. The molecule has 2 heterocycles. The van der Waals surface area contributed by atoms with Gasteiger partial charge in [-0.25, -0.2) is 14.4 Å². The van der Waals surface area contributed by atoms with Crippen LogP contribution in [0.5, 0.6) is 0 Å². The number of hydrogen-bond donors (Lipinski definition) is 1. The van der Waals surface area contributed by atoms with Crippen molar-refractivity contribution < 1.29 is 9.18 Å². The molecule has 0 radical (unpaired) electrons. The van der Waals surface area contributed by atoms with Crippen LogP contribution in [-0.4, -0.2) is 47.0 Å². The molecular formula is C22H22FN5O. The van der Waals surface area contributed by atoms with Gasteiger partial charge in [-0.1, -0.05) is 24.3 Å². The maximum Gasteiger partial charge on any atom is 0.257 e. The van der Waals surface area contributed by atoms with E-state index in [1.54, 1.807) is 18.2 Å². The van der Waals surface area contributed by atoms with Crippen LogP contribution in [0.25, 0.3) is 0 Å². The molecule has 1 aliphatic heterocycles. The van der Waals surface area contributed by atoms with Crippen LogP contribution >= 0.6 is 0 Å². The molecule has 0 atom stereocenters. The van der Waals surface area contributed by atoms with Crippen LogP contribution in [-0.2, 0) is 0 Å². The van der Waals surface area contributed by atoms with Gasteiger partial charge in [0.05, 0.1) is 11.3 Å². The van der Waals surface area contributed by atoms with Crippen molar-refractivity contribution in [2.75, 3.05) is 36.4 Å². The molecule has 0 saturated carbocycles. The molecule has 1 fully saturated rings. The molecule has 4 rings (SSSR count). The first kappa shape index (κ1) is 18.9. The molecule has 0 spiro atoms. The van der Waals surface area contributed by atoms with Crippen molar-refractivity contribution in [3.05, 3.63) is 77.9 Å². The zero-order chi connectivity index (χ0) is 20.2. The van der Waals surface area contributed by atoms with E-state index in [4.69, 9.17) is 0 Å². The average Bonchev–Trinajstić information content (AvgIpc) is 2.75. The second-order valence-corrected chi connectivity index (χ2v) is 7.02. The molecule has 1 saturated heterocycles. The molecule has 1 aromatic heterocycles. The number of nitrogens with one attached hydrogen (secondary N) is 1. The number of piperazine rings is 1. The third-order valence-corrected chi connectivity index (χ3v) is 4.95. The normalized spacial score (nSPS) is 14.0. The number of amides is 1. The molecule has 1 amide bonds. The monoisotopic (exact) mass is 391 g/mol. The molecular weight excluding hydrogens is 369 g/mol. The maximum absolute atomic E-state index is 13.7. The van der Waals surface area contributed by atoms with Gasteiger partial charge in [-0.3, -0.25) is 4.79 Å². The third-order valence-electron chi connectivity index (χ3n) is 4.95. The summed E-state index contributed by atoms with van der Waals surface area (Å²) in [6.07, 6.45) is 2.96. The Labute approximate surface area is 169 Å². The number of benzene rings is 2. The summed E-state index contributed by atoms with van der Waals surface area (Å²) >= 11 is 0. The Balaban J connectivity index is 1.37. The number of anilines is 3. The predicted octanol–water partition coefficient (Wildman–Crippen LogP) is 3.63. The summed E-state index contributed by atoms with van der Waals surface area (Å²) in [5.41, 5.74) is 3.12. The second kappa shape index (κ2) is 8.26. The SMILES string of the molecule is Cc1cccc(N2CCN(C(=O)c3cnc(Nc4ccccc4F)nc3)CC2)c1. The van der Waals surface area contributed by atoms with E-state index in [2.05, 4.69) is 51.4 Å². The number of aryl methyl sites for hydroxylation is 1. The van der Waals surface area contributed by atoms with E-state index in [0.29, 0.717) is 24.3 Å². The number of aromatic nitrogens is 2. The van der Waals surface area contributed by atoms with Crippen molar-refractivity contribution in [2.45, 2.75) is 6.92 Å². The molecule has 148 valence electrons. The van der Waals surface area contributed by atoms with E-state index in [1.165, 1.54) is 29.7 Å². The van der Waals surface area contributed by atoms with E-state index in [9.17, 15) is 9.18 Å². The van der Waals surface area contributed by atoms with Crippen molar-refractivity contribution >= 4 is 23.2 Å². The minimum absolute atomic E-state index is 0.0914. The Bertz CT molecular complexity index is 1000. The summed E-state index contributed by atoms with van der Waals surface area (Å²) in [5, 5.41) is 2.82. The van der Waals surface area contributed by atoms with Crippen LogP contribution in [0.15, 0.2) is 60.9 Å². The van der Waals surface area contributed by atoms with E-state index in [-0.39, 0.29) is 17.7 Å². The molecule has 1 aliphatic rings. The van der Waals surface area contributed by atoms with Gasteiger partial charge < -0.3 is 15.1 Å². The van der Waals surface area contributed by atoms with Crippen LogP contribution in [0.3, 0.4) is 0 Å². The third kappa shape index (κ3) is 4.34. The number of halogens is 1. The summed E-state index contributed by atoms with van der Waals surface area (Å²) in [6.45, 7) is 4.92. The first-order valence-electron chi connectivity index (χ1n) is 9.54. The predicted molar refractivity (Wildman–Crippen MR) is 111 cm³/mol. The Morgan fingerprint density at radius 3 is 2.41 bits per heavy atom. The van der Waals surface area contributed by atoms with Crippen LogP contribution in [0, 0.1) is 12.7 Å². The summed E-state index contributed by atoms with van der Waals surface area (Å²) < 4.78 is 13.7. The maximum atomic E-state index is 13.7. The summed E-state index contributed by atoms with van der Waals surface area (Å²) in [5.74, 6) is -0.231. The van der Waals surface area contributed by atoms with Crippen LogP contribution < -0.4 is 10.2 Å². The van der Waals surface area contributed by atoms with E-state index >= 15 is 0 Å². The molecule has 0 aliphatic carbocycles. The molecule has 1 N–H and O–H groups in total. The Morgan fingerprint density at radius 2 is 1.72 bits per heavy atom. The Kier molecular flexibility index (Phi) is 5.37. The topological polar surface area (TPSA) is 61.4 Å². The first-order chi connectivity index (χ1) is 14.1. The van der Waals surface area contributed by atoms with E-state index in [0.717, 1.165) is 13.1 Å². The van der Waals surface area contributed by atoms with Gasteiger partial charge in [0.2, 0.25) is 5.95 Å².